The van der Waals surface area contributed by atoms with E-state index in [-0.39, 0.29) is 17.0 Å². The van der Waals surface area contributed by atoms with Gasteiger partial charge in [0, 0.05) is 31.3 Å². The van der Waals surface area contributed by atoms with Crippen LogP contribution < -0.4 is 21.5 Å². The topological polar surface area (TPSA) is 3.88 Å². The molecule has 1 nitrogen and oxygen atoms in total. The molecule has 0 saturated carbocycles. The summed E-state index contributed by atoms with van der Waals surface area (Å²) in [7, 11) is 0. The second-order valence-electron chi connectivity index (χ2n) is 2.89. The van der Waals surface area contributed by atoms with Crippen LogP contribution in [0.25, 0.3) is 6.20 Å². The van der Waals surface area contributed by atoms with Crippen molar-refractivity contribution in [2.45, 2.75) is 13.8 Å². The first kappa shape index (κ1) is 14.3. The second-order valence-corrected chi connectivity index (χ2v) is 4.47. The van der Waals surface area contributed by atoms with Crippen molar-refractivity contribution >= 4 is 38.1 Å². The van der Waals surface area contributed by atoms with Gasteiger partial charge in [0.25, 0.3) is 0 Å². The third-order valence-corrected chi connectivity index (χ3v) is 3.67. The molecular weight excluding hydrogens is 374 g/mol. The summed E-state index contributed by atoms with van der Waals surface area (Å²) in [5.41, 5.74) is 2.47. The first-order valence-corrected chi connectivity index (χ1v) is 5.96. The molecule has 0 N–H and O–H groups in total. The van der Waals surface area contributed by atoms with Gasteiger partial charge in [-0.15, -0.1) is 0 Å². The maximum atomic E-state index is 3.48. The van der Waals surface area contributed by atoms with Gasteiger partial charge in [-0.25, -0.2) is 0 Å². The molecule has 0 aromatic carbocycles. The molecule has 0 aliphatic heterocycles. The molecule has 1 aromatic rings. The van der Waals surface area contributed by atoms with Gasteiger partial charge in [-0.2, -0.15) is 4.57 Å². The summed E-state index contributed by atoms with van der Waals surface area (Å²) in [6.45, 7) is 4.19. The highest BCUT2D eigenvalue weighted by Gasteiger charge is 2.07. The van der Waals surface area contributed by atoms with Crippen LogP contribution in [0.4, 0.5) is 0 Å². The molecule has 78 valence electrons. The molecule has 0 amide bonds. The molecule has 14 heavy (non-hydrogen) atoms. The Balaban J connectivity index is 0.00000169. The summed E-state index contributed by atoms with van der Waals surface area (Å²) in [5, 5.41) is 0.841. The molecule has 0 radical (unpaired) electrons. The summed E-state index contributed by atoms with van der Waals surface area (Å²) in [6, 6.07) is 6.26. The van der Waals surface area contributed by atoms with Crippen molar-refractivity contribution in [3.05, 3.63) is 34.1 Å². The van der Waals surface area contributed by atoms with Gasteiger partial charge in [0.1, 0.15) is 0 Å². The van der Waals surface area contributed by atoms with E-state index in [9.17, 15) is 0 Å². The number of aryl methyl sites for hydroxylation is 2. The Hall–Kier alpha value is 0.330. The van der Waals surface area contributed by atoms with Crippen molar-refractivity contribution in [3.8, 4) is 0 Å². The highest BCUT2D eigenvalue weighted by Crippen LogP contribution is 2.08. The zero-order valence-corrected chi connectivity index (χ0v) is 12.9. The number of alkyl halides is 1. The smallest absolute Gasteiger partial charge is 0.185 e. The summed E-state index contributed by atoms with van der Waals surface area (Å²) in [5.74, 6) is 0. The molecule has 4 heteroatoms. The molecule has 0 aliphatic carbocycles. The Morgan fingerprint density at radius 1 is 1.36 bits per heavy atom. The second kappa shape index (κ2) is 6.75. The first-order chi connectivity index (χ1) is 6.15. The molecule has 0 aliphatic rings. The minimum Gasteiger partial charge on any atom is -1.00 e. The summed E-state index contributed by atoms with van der Waals surface area (Å²) in [6.07, 6.45) is 2.08. The number of hydrogen-bond donors (Lipinski definition) is 0. The normalized spacial score (nSPS) is 11.0. The molecule has 0 atom stereocenters. The van der Waals surface area contributed by atoms with E-state index in [1.807, 2.05) is 0 Å². The van der Waals surface area contributed by atoms with E-state index in [1.165, 1.54) is 11.4 Å². The van der Waals surface area contributed by atoms with Crippen molar-refractivity contribution in [1.82, 2.24) is 0 Å². The number of aromatic nitrogens is 1. The van der Waals surface area contributed by atoms with E-state index in [0.29, 0.717) is 0 Å². The number of pyridine rings is 1. The van der Waals surface area contributed by atoms with Gasteiger partial charge in [-0.05, 0) is 22.0 Å². The van der Waals surface area contributed by atoms with Gasteiger partial charge >= 0.3 is 0 Å². The average Bonchev–Trinajstić information content (AvgIpc) is 2.11. The lowest BCUT2D eigenvalue weighted by atomic mass is 10.3. The van der Waals surface area contributed by atoms with Crippen LogP contribution in [0.3, 0.4) is 0 Å². The number of hydrogen-bond acceptors (Lipinski definition) is 0. The van der Waals surface area contributed by atoms with Gasteiger partial charge in [0.2, 0.25) is 0 Å². The van der Waals surface area contributed by atoms with E-state index >= 15 is 0 Å². The molecule has 1 aromatic heterocycles. The van der Waals surface area contributed by atoms with Crippen LogP contribution in [-0.2, 0) is 0 Å². The largest absolute Gasteiger partial charge is 1.00 e. The van der Waals surface area contributed by atoms with Gasteiger partial charge in [-0.1, -0.05) is 15.9 Å². The highest BCUT2D eigenvalue weighted by molar-refractivity contribution is 9.13. The molecule has 0 fully saturated rings. The van der Waals surface area contributed by atoms with Gasteiger partial charge in [0.05, 0.1) is 4.48 Å². The van der Waals surface area contributed by atoms with Gasteiger partial charge in [0.15, 0.2) is 17.6 Å². The van der Waals surface area contributed by atoms with Crippen molar-refractivity contribution in [1.29, 1.82) is 0 Å². The Kier molecular flexibility index (Phi) is 6.91. The van der Waals surface area contributed by atoms with Crippen LogP contribution in [0.2, 0.25) is 0 Å². The number of allylic oxidation sites excluding steroid dienone is 1. The van der Waals surface area contributed by atoms with E-state index in [4.69, 9.17) is 0 Å². The predicted octanol–water partition coefficient (Wildman–Crippen LogP) is 0.183. The third-order valence-electron chi connectivity index (χ3n) is 1.83. The van der Waals surface area contributed by atoms with E-state index in [0.717, 1.165) is 9.81 Å². The lowest BCUT2D eigenvalue weighted by Crippen LogP contribution is -3.00. The average molecular weight is 386 g/mol. The monoisotopic (exact) mass is 383 g/mol. The van der Waals surface area contributed by atoms with Crippen LogP contribution in [0.1, 0.15) is 11.4 Å². The fourth-order valence-corrected chi connectivity index (χ4v) is 1.49. The zero-order valence-electron chi connectivity index (χ0n) is 8.10. The zero-order chi connectivity index (χ0) is 9.84. The molecular formula is C10H12Br3N. The third kappa shape index (κ3) is 3.83. The molecule has 1 rings (SSSR count). The first-order valence-electron chi connectivity index (χ1n) is 4.05. The Morgan fingerprint density at radius 2 is 1.86 bits per heavy atom. The molecule has 0 bridgehead atoms. The summed E-state index contributed by atoms with van der Waals surface area (Å²) < 4.78 is 3.29. The molecule has 0 spiro atoms. The van der Waals surface area contributed by atoms with Crippen LogP contribution in [0.15, 0.2) is 22.7 Å². The maximum Gasteiger partial charge on any atom is 0.185 e. The van der Waals surface area contributed by atoms with Gasteiger partial charge < -0.3 is 17.0 Å². The molecule has 0 unspecified atom stereocenters. The van der Waals surface area contributed by atoms with Crippen LogP contribution in [0.5, 0.6) is 0 Å². The van der Waals surface area contributed by atoms with Crippen molar-refractivity contribution in [3.63, 3.8) is 0 Å². The fraction of sp³-hybridized carbons (Fsp3) is 0.300. The van der Waals surface area contributed by atoms with Crippen molar-refractivity contribution in [2.24, 2.45) is 0 Å². The lowest BCUT2D eigenvalue weighted by molar-refractivity contribution is -0.582. The number of halogens is 3. The van der Waals surface area contributed by atoms with Crippen LogP contribution in [-0.4, -0.2) is 5.33 Å². The lowest BCUT2D eigenvalue weighted by Gasteiger charge is -1.97. The van der Waals surface area contributed by atoms with Gasteiger partial charge in [-0.3, -0.25) is 0 Å². The number of nitrogens with zero attached hydrogens (tertiary/aromatic N) is 1. The standard InChI is InChI=1S/C10H12Br2N.BrH/c1-8-4-3-5-9(2)13(8)7-10(12)6-11;/h3-5,7H,6H2,1-2H3;1H/q+1;/p-1. The Labute approximate surface area is 112 Å². The minimum atomic E-state index is 0. The molecule has 1 heterocycles. The van der Waals surface area contributed by atoms with E-state index in [1.54, 1.807) is 0 Å². The van der Waals surface area contributed by atoms with Crippen LogP contribution >= 0.6 is 31.9 Å². The Morgan fingerprint density at radius 3 is 2.29 bits per heavy atom. The quantitative estimate of drug-likeness (QED) is 0.505. The molecule has 0 saturated heterocycles. The van der Waals surface area contributed by atoms with Crippen molar-refractivity contribution in [2.75, 3.05) is 5.33 Å². The maximum absolute atomic E-state index is 3.48. The summed E-state index contributed by atoms with van der Waals surface area (Å²) >= 11 is 6.87. The number of rotatable bonds is 2. The van der Waals surface area contributed by atoms with E-state index < -0.39 is 0 Å². The van der Waals surface area contributed by atoms with Crippen molar-refractivity contribution < 1.29 is 21.5 Å². The predicted molar refractivity (Wildman–Crippen MR) is 63.1 cm³/mol. The van der Waals surface area contributed by atoms with E-state index in [2.05, 4.69) is 74.7 Å². The SMILES string of the molecule is Cc1cccc(C)[n+]1C=C(Br)CBr.[Br-]. The fourth-order valence-electron chi connectivity index (χ4n) is 1.14. The highest BCUT2D eigenvalue weighted by atomic mass is 79.9. The minimum absolute atomic E-state index is 0. The summed E-state index contributed by atoms with van der Waals surface area (Å²) in [4.78, 5) is 0. The van der Waals surface area contributed by atoms with Crippen LogP contribution in [0, 0.1) is 13.8 Å². The Bertz CT molecular complexity index is 314.